The van der Waals surface area contributed by atoms with Crippen LogP contribution >= 0.6 is 0 Å². The summed E-state index contributed by atoms with van der Waals surface area (Å²) >= 11 is 0. The van der Waals surface area contributed by atoms with Crippen LogP contribution in [0.4, 0.5) is 5.69 Å². The van der Waals surface area contributed by atoms with Gasteiger partial charge in [-0.15, -0.1) is 0 Å². The van der Waals surface area contributed by atoms with Crippen LogP contribution in [-0.4, -0.2) is 57.1 Å². The first-order chi connectivity index (χ1) is 13.6. The standard InChI is InChI=1S/C21H29N5O2/c1-16-9-17(12-22-11-16)14-24-6-2-3-18(15-24)26-21(28)10-19(13-23-26)25-7-4-20(27)5-8-25/h9-13,18,20,27H,2-8,14-15H2,1H3/t18-/m1/s1. The van der Waals surface area contributed by atoms with Gasteiger partial charge in [-0.3, -0.25) is 14.7 Å². The second-order valence-electron chi connectivity index (χ2n) is 8.12. The zero-order valence-corrected chi connectivity index (χ0v) is 16.5. The van der Waals surface area contributed by atoms with Crippen molar-refractivity contribution in [3.8, 4) is 0 Å². The molecule has 2 aliphatic heterocycles. The number of anilines is 1. The van der Waals surface area contributed by atoms with Crippen LogP contribution in [0.3, 0.4) is 0 Å². The molecule has 7 heteroatoms. The molecule has 1 atom stereocenters. The minimum absolute atomic E-state index is 0.0345. The molecular formula is C21H29N5O2. The Morgan fingerprint density at radius 2 is 1.93 bits per heavy atom. The number of likely N-dealkylation sites (tertiary alicyclic amines) is 1. The molecule has 0 saturated carbocycles. The van der Waals surface area contributed by atoms with Crippen LogP contribution in [0.2, 0.25) is 0 Å². The Morgan fingerprint density at radius 3 is 2.68 bits per heavy atom. The molecule has 2 aromatic rings. The summed E-state index contributed by atoms with van der Waals surface area (Å²) in [5.41, 5.74) is 3.22. The molecule has 0 spiro atoms. The zero-order chi connectivity index (χ0) is 19.5. The minimum atomic E-state index is -0.221. The number of hydrogen-bond donors (Lipinski definition) is 1. The van der Waals surface area contributed by atoms with Crippen LogP contribution in [0, 0.1) is 6.92 Å². The summed E-state index contributed by atoms with van der Waals surface area (Å²) in [6.45, 7) is 6.32. The molecule has 0 unspecified atom stereocenters. The van der Waals surface area contributed by atoms with E-state index in [1.165, 1.54) is 11.1 Å². The van der Waals surface area contributed by atoms with E-state index in [4.69, 9.17) is 0 Å². The number of pyridine rings is 1. The third-order valence-corrected chi connectivity index (χ3v) is 5.81. The van der Waals surface area contributed by atoms with Crippen molar-refractivity contribution in [1.29, 1.82) is 0 Å². The molecular weight excluding hydrogens is 354 g/mol. The molecule has 0 amide bonds. The monoisotopic (exact) mass is 383 g/mol. The average molecular weight is 383 g/mol. The molecule has 4 rings (SSSR count). The predicted octanol–water partition coefficient (Wildman–Crippen LogP) is 1.74. The Morgan fingerprint density at radius 1 is 1.11 bits per heavy atom. The van der Waals surface area contributed by atoms with E-state index in [1.54, 1.807) is 10.7 Å². The van der Waals surface area contributed by atoms with E-state index in [0.717, 1.165) is 64.1 Å². The molecule has 2 saturated heterocycles. The second kappa shape index (κ2) is 8.41. The number of nitrogens with zero attached hydrogens (tertiary/aromatic N) is 5. The Labute approximate surface area is 165 Å². The Kier molecular flexibility index (Phi) is 5.73. The lowest BCUT2D eigenvalue weighted by Crippen LogP contribution is -2.41. The van der Waals surface area contributed by atoms with E-state index in [0.29, 0.717) is 0 Å². The highest BCUT2D eigenvalue weighted by atomic mass is 16.3. The van der Waals surface area contributed by atoms with E-state index >= 15 is 0 Å². The lowest BCUT2D eigenvalue weighted by molar-refractivity contribution is 0.145. The molecule has 0 aliphatic carbocycles. The van der Waals surface area contributed by atoms with Crippen molar-refractivity contribution < 1.29 is 5.11 Å². The average Bonchev–Trinajstić information content (AvgIpc) is 2.69. The van der Waals surface area contributed by atoms with E-state index in [9.17, 15) is 9.90 Å². The molecule has 2 fully saturated rings. The van der Waals surface area contributed by atoms with Gasteiger partial charge in [-0.25, -0.2) is 4.68 Å². The van der Waals surface area contributed by atoms with Gasteiger partial charge in [0.15, 0.2) is 0 Å². The topological polar surface area (TPSA) is 74.5 Å². The molecule has 0 radical (unpaired) electrons. The summed E-state index contributed by atoms with van der Waals surface area (Å²) in [6, 6.07) is 3.98. The maximum absolute atomic E-state index is 12.8. The number of piperidine rings is 2. The first kappa shape index (κ1) is 19.1. The zero-order valence-electron chi connectivity index (χ0n) is 16.5. The lowest BCUT2D eigenvalue weighted by atomic mass is 10.0. The first-order valence-corrected chi connectivity index (χ1v) is 10.2. The molecule has 2 aliphatic rings. The van der Waals surface area contributed by atoms with Gasteiger partial charge in [0.05, 0.1) is 24.0 Å². The molecule has 0 bridgehead atoms. The van der Waals surface area contributed by atoms with E-state index in [2.05, 4.69) is 32.9 Å². The summed E-state index contributed by atoms with van der Waals surface area (Å²) < 4.78 is 1.66. The van der Waals surface area contributed by atoms with Crippen LogP contribution in [0.25, 0.3) is 0 Å². The molecule has 28 heavy (non-hydrogen) atoms. The van der Waals surface area contributed by atoms with Crippen molar-refractivity contribution in [2.75, 3.05) is 31.1 Å². The third kappa shape index (κ3) is 4.42. The Bertz CT molecular complexity index is 860. The normalized spacial score (nSPS) is 21.8. The SMILES string of the molecule is Cc1cncc(CN2CCC[C@@H](n3ncc(N4CCC(O)CC4)cc3=O)C2)c1. The van der Waals surface area contributed by atoms with Crippen LogP contribution in [0.1, 0.15) is 42.9 Å². The molecule has 7 nitrogen and oxygen atoms in total. The number of aryl methyl sites for hydroxylation is 1. The van der Waals surface area contributed by atoms with Crippen molar-refractivity contribution in [2.24, 2.45) is 0 Å². The summed E-state index contributed by atoms with van der Waals surface area (Å²) in [4.78, 5) is 21.6. The van der Waals surface area contributed by atoms with Crippen LogP contribution in [-0.2, 0) is 6.54 Å². The Balaban J connectivity index is 1.44. The summed E-state index contributed by atoms with van der Waals surface area (Å²) in [7, 11) is 0. The highest BCUT2D eigenvalue weighted by Crippen LogP contribution is 2.22. The van der Waals surface area contributed by atoms with Crippen molar-refractivity contribution in [3.63, 3.8) is 0 Å². The number of hydrogen-bond acceptors (Lipinski definition) is 6. The molecule has 2 aromatic heterocycles. The number of aliphatic hydroxyl groups excluding tert-OH is 1. The quantitative estimate of drug-likeness (QED) is 0.867. The van der Waals surface area contributed by atoms with Gasteiger partial charge >= 0.3 is 0 Å². The number of aromatic nitrogens is 3. The third-order valence-electron chi connectivity index (χ3n) is 5.81. The van der Waals surface area contributed by atoms with Crippen molar-refractivity contribution >= 4 is 5.69 Å². The lowest BCUT2D eigenvalue weighted by Gasteiger charge is -2.34. The fourth-order valence-corrected chi connectivity index (χ4v) is 4.32. The van der Waals surface area contributed by atoms with E-state index < -0.39 is 0 Å². The fourth-order valence-electron chi connectivity index (χ4n) is 4.32. The van der Waals surface area contributed by atoms with Crippen LogP contribution in [0.15, 0.2) is 35.5 Å². The molecule has 0 aromatic carbocycles. The second-order valence-corrected chi connectivity index (χ2v) is 8.12. The largest absolute Gasteiger partial charge is 0.393 e. The fraction of sp³-hybridized carbons (Fsp3) is 0.571. The van der Waals surface area contributed by atoms with Gasteiger partial charge in [-0.05, 0) is 50.3 Å². The smallest absolute Gasteiger partial charge is 0.269 e. The van der Waals surface area contributed by atoms with Crippen LogP contribution < -0.4 is 10.5 Å². The van der Waals surface area contributed by atoms with Crippen LogP contribution in [0.5, 0.6) is 0 Å². The predicted molar refractivity (Wildman–Crippen MR) is 108 cm³/mol. The van der Waals surface area contributed by atoms with Gasteiger partial charge in [0, 0.05) is 44.6 Å². The van der Waals surface area contributed by atoms with Crippen molar-refractivity contribution in [1.82, 2.24) is 19.7 Å². The van der Waals surface area contributed by atoms with E-state index in [1.807, 2.05) is 18.6 Å². The van der Waals surface area contributed by atoms with Crippen molar-refractivity contribution in [2.45, 2.75) is 51.3 Å². The van der Waals surface area contributed by atoms with Gasteiger partial charge in [0.2, 0.25) is 0 Å². The van der Waals surface area contributed by atoms with Crippen molar-refractivity contribution in [3.05, 3.63) is 52.2 Å². The van der Waals surface area contributed by atoms with Gasteiger partial charge in [0.25, 0.3) is 5.56 Å². The van der Waals surface area contributed by atoms with Gasteiger partial charge in [-0.2, -0.15) is 5.10 Å². The highest BCUT2D eigenvalue weighted by molar-refractivity contribution is 5.43. The number of aliphatic hydroxyl groups is 1. The maximum atomic E-state index is 12.8. The Hall–Kier alpha value is -2.25. The van der Waals surface area contributed by atoms with Gasteiger partial charge in [-0.1, -0.05) is 6.07 Å². The first-order valence-electron chi connectivity index (χ1n) is 10.2. The van der Waals surface area contributed by atoms with Gasteiger partial charge in [0.1, 0.15) is 0 Å². The summed E-state index contributed by atoms with van der Waals surface area (Å²) in [5, 5.41) is 14.2. The maximum Gasteiger partial charge on any atom is 0.269 e. The van der Waals surface area contributed by atoms with Gasteiger partial charge < -0.3 is 10.0 Å². The molecule has 1 N–H and O–H groups in total. The molecule has 150 valence electrons. The number of rotatable bonds is 4. The molecule has 4 heterocycles. The summed E-state index contributed by atoms with van der Waals surface area (Å²) in [5.74, 6) is 0. The minimum Gasteiger partial charge on any atom is -0.393 e. The summed E-state index contributed by atoms with van der Waals surface area (Å²) in [6.07, 6.45) is 8.91. The van der Waals surface area contributed by atoms with E-state index in [-0.39, 0.29) is 17.7 Å². The highest BCUT2D eigenvalue weighted by Gasteiger charge is 2.24.